The van der Waals surface area contributed by atoms with Gasteiger partial charge in [0, 0.05) is 29.6 Å². The predicted molar refractivity (Wildman–Crippen MR) is 139 cm³/mol. The molecule has 2 aromatic rings. The molecule has 12 heteroatoms. The van der Waals surface area contributed by atoms with Crippen molar-refractivity contribution in [3.8, 4) is 5.75 Å². The van der Waals surface area contributed by atoms with Crippen molar-refractivity contribution in [2.24, 2.45) is 5.41 Å². The van der Waals surface area contributed by atoms with Crippen LogP contribution in [-0.4, -0.2) is 61.6 Å². The summed E-state index contributed by atoms with van der Waals surface area (Å²) in [6, 6.07) is 9.23. The molecule has 202 valence electrons. The maximum absolute atomic E-state index is 15.0. The number of nitrogens with zero attached hydrogens (tertiary/aromatic N) is 1. The van der Waals surface area contributed by atoms with Crippen molar-refractivity contribution in [1.82, 2.24) is 9.62 Å². The largest absolute Gasteiger partial charge is 0.492 e. The lowest BCUT2D eigenvalue weighted by atomic mass is 9.86. The lowest BCUT2D eigenvalue weighted by molar-refractivity contribution is -0.131. The molecule has 0 spiro atoms. The van der Waals surface area contributed by atoms with Crippen molar-refractivity contribution < 1.29 is 32.2 Å². The number of benzene rings is 2. The minimum Gasteiger partial charge on any atom is -0.492 e. The van der Waals surface area contributed by atoms with Gasteiger partial charge in [-0.05, 0) is 43.5 Å². The highest BCUT2D eigenvalue weighted by molar-refractivity contribution is 7.89. The smallest absolute Gasteiger partial charge is 0.337 e. The Kier molecular flexibility index (Phi) is 9.44. The number of carboxylic acids is 1. The fraction of sp³-hybridized carbons (Fsp3) is 0.440. The molecular weight excluding hydrogens is 546 g/mol. The summed E-state index contributed by atoms with van der Waals surface area (Å²) in [7, 11) is -4.23. The number of rotatable bonds is 10. The van der Waals surface area contributed by atoms with Crippen LogP contribution in [0.3, 0.4) is 0 Å². The van der Waals surface area contributed by atoms with Crippen LogP contribution < -0.4 is 10.1 Å². The third kappa shape index (κ3) is 7.13. The molecule has 8 nitrogen and oxygen atoms in total. The lowest BCUT2D eigenvalue weighted by Crippen LogP contribution is -2.55. The Balaban J connectivity index is 1.54. The van der Waals surface area contributed by atoms with Gasteiger partial charge in [-0.2, -0.15) is 4.31 Å². The van der Waals surface area contributed by atoms with Gasteiger partial charge in [-0.3, -0.25) is 4.79 Å². The predicted octanol–water partition coefficient (Wildman–Crippen LogP) is 4.79. The number of piperidine rings is 1. The number of halogens is 3. The second-order valence-corrected chi connectivity index (χ2v) is 12.2. The first-order valence-electron chi connectivity index (χ1n) is 11.7. The minimum atomic E-state index is -4.23. The molecule has 37 heavy (non-hydrogen) atoms. The van der Waals surface area contributed by atoms with Gasteiger partial charge in [-0.1, -0.05) is 49.2 Å². The fourth-order valence-electron chi connectivity index (χ4n) is 4.03. The molecule has 0 radical (unpaired) electrons. The van der Waals surface area contributed by atoms with Crippen LogP contribution in [0.1, 0.15) is 43.5 Å². The number of alkyl halides is 1. The Bertz CT molecular complexity index is 1260. The first-order chi connectivity index (χ1) is 17.3. The molecule has 1 heterocycles. The van der Waals surface area contributed by atoms with Crippen molar-refractivity contribution in [1.29, 1.82) is 0 Å². The summed E-state index contributed by atoms with van der Waals surface area (Å²) in [5, 5.41) is 13.0. The van der Waals surface area contributed by atoms with Crippen LogP contribution in [0.5, 0.6) is 5.75 Å². The molecule has 1 amide bonds. The summed E-state index contributed by atoms with van der Waals surface area (Å²) in [6.45, 7) is 3.23. The third-order valence-corrected chi connectivity index (χ3v) is 8.74. The summed E-state index contributed by atoms with van der Waals surface area (Å²) in [5.74, 6) is -1.29. The molecule has 2 N–H and O–H groups in total. The quantitative estimate of drug-likeness (QED) is 0.394. The zero-order valence-electron chi connectivity index (χ0n) is 20.4. The van der Waals surface area contributed by atoms with E-state index < -0.39 is 40.2 Å². The Morgan fingerprint density at radius 1 is 1.22 bits per heavy atom. The number of carboxylic acid groups (broad SMARTS) is 1. The summed E-state index contributed by atoms with van der Waals surface area (Å²) in [4.78, 5) is 24.0. The molecule has 3 rings (SSSR count). The van der Waals surface area contributed by atoms with E-state index in [0.717, 1.165) is 4.31 Å². The number of sulfonamides is 1. The van der Waals surface area contributed by atoms with Gasteiger partial charge in [0.15, 0.2) is 0 Å². The average Bonchev–Trinajstić information content (AvgIpc) is 2.84. The first kappa shape index (κ1) is 29.2. The van der Waals surface area contributed by atoms with E-state index >= 15 is 4.39 Å². The van der Waals surface area contributed by atoms with E-state index in [-0.39, 0.29) is 29.3 Å². The molecule has 1 saturated heterocycles. The van der Waals surface area contributed by atoms with Gasteiger partial charge >= 0.3 is 5.97 Å². The third-order valence-electron chi connectivity index (χ3n) is 6.27. The Morgan fingerprint density at radius 2 is 1.92 bits per heavy atom. The van der Waals surface area contributed by atoms with E-state index in [2.05, 4.69) is 5.32 Å². The van der Waals surface area contributed by atoms with E-state index in [1.165, 1.54) is 24.3 Å². The maximum Gasteiger partial charge on any atom is 0.337 e. The molecule has 2 aromatic carbocycles. The van der Waals surface area contributed by atoms with Gasteiger partial charge in [0.25, 0.3) is 0 Å². The lowest BCUT2D eigenvalue weighted by Gasteiger charge is -2.36. The SMILES string of the molecule is CC(C)(CCCOc1cc(Cl)ccc1Cl)C(=O)N[C@@H]1CCN(S(=O)(=O)c2ccccc2C(=O)O)C[C@H]1F. The number of hydrogen-bond donors (Lipinski definition) is 2. The molecule has 1 aliphatic rings. The van der Waals surface area contributed by atoms with Gasteiger partial charge in [-0.15, -0.1) is 0 Å². The van der Waals surface area contributed by atoms with Crippen LogP contribution in [0.4, 0.5) is 4.39 Å². The number of carbonyl (C=O) groups is 2. The number of aromatic carboxylic acids is 1. The topological polar surface area (TPSA) is 113 Å². The normalized spacial score (nSPS) is 18.8. The van der Waals surface area contributed by atoms with Crippen LogP contribution in [0, 0.1) is 5.41 Å². The van der Waals surface area contributed by atoms with Gasteiger partial charge in [0.05, 0.1) is 28.1 Å². The second-order valence-electron chi connectivity index (χ2n) is 9.46. The number of carbonyl (C=O) groups excluding carboxylic acids is 1. The molecule has 1 fully saturated rings. The van der Waals surface area contributed by atoms with Crippen molar-refractivity contribution in [2.45, 2.75) is 50.2 Å². The van der Waals surface area contributed by atoms with Crippen molar-refractivity contribution in [3.05, 3.63) is 58.1 Å². The number of amides is 1. The highest BCUT2D eigenvalue weighted by Crippen LogP contribution is 2.30. The first-order valence-corrected chi connectivity index (χ1v) is 13.9. The zero-order valence-corrected chi connectivity index (χ0v) is 22.7. The van der Waals surface area contributed by atoms with Crippen LogP contribution >= 0.6 is 23.2 Å². The molecule has 2 atom stereocenters. The van der Waals surface area contributed by atoms with Gasteiger partial charge < -0.3 is 15.2 Å². The highest BCUT2D eigenvalue weighted by atomic mass is 35.5. The van der Waals surface area contributed by atoms with Crippen LogP contribution in [0.15, 0.2) is 47.4 Å². The highest BCUT2D eigenvalue weighted by Gasteiger charge is 2.39. The molecule has 0 aromatic heterocycles. The molecule has 0 unspecified atom stereocenters. The summed E-state index contributed by atoms with van der Waals surface area (Å²) >= 11 is 12.0. The maximum atomic E-state index is 15.0. The summed E-state index contributed by atoms with van der Waals surface area (Å²) in [6.07, 6.45) is -0.628. The van der Waals surface area contributed by atoms with Gasteiger partial charge in [0.2, 0.25) is 15.9 Å². The van der Waals surface area contributed by atoms with E-state index in [0.29, 0.717) is 35.2 Å². The van der Waals surface area contributed by atoms with Crippen molar-refractivity contribution in [3.63, 3.8) is 0 Å². The van der Waals surface area contributed by atoms with Crippen LogP contribution in [0.25, 0.3) is 0 Å². The van der Waals surface area contributed by atoms with E-state index in [1.807, 2.05) is 0 Å². The molecule has 0 bridgehead atoms. The van der Waals surface area contributed by atoms with E-state index in [4.69, 9.17) is 27.9 Å². The van der Waals surface area contributed by atoms with Gasteiger partial charge in [-0.25, -0.2) is 17.6 Å². The Labute approximate surface area is 225 Å². The standard InChI is InChI=1S/C25H29Cl2FN2O6S/c1-25(2,11-5-13-36-21-14-16(26)8-9-18(21)27)24(33)29-20-10-12-30(15-19(20)28)37(34,35)22-7-4-3-6-17(22)23(31)32/h3-4,6-9,14,19-20H,5,10-13,15H2,1-2H3,(H,29,33)(H,31,32)/t19-,20-/m1/s1. The average molecular weight is 575 g/mol. The fourth-order valence-corrected chi connectivity index (χ4v) is 6.01. The van der Waals surface area contributed by atoms with Gasteiger partial charge in [0.1, 0.15) is 11.9 Å². The van der Waals surface area contributed by atoms with E-state index in [9.17, 15) is 23.1 Å². The molecule has 0 saturated carbocycles. The molecule has 1 aliphatic heterocycles. The molecule has 0 aliphatic carbocycles. The van der Waals surface area contributed by atoms with Crippen molar-refractivity contribution >= 4 is 45.1 Å². The number of hydrogen-bond acceptors (Lipinski definition) is 5. The van der Waals surface area contributed by atoms with Crippen LogP contribution in [0.2, 0.25) is 10.0 Å². The number of ether oxygens (including phenoxy) is 1. The minimum absolute atomic E-state index is 0.0494. The van der Waals surface area contributed by atoms with Crippen LogP contribution in [-0.2, 0) is 14.8 Å². The molecular formula is C25H29Cl2FN2O6S. The summed E-state index contributed by atoms with van der Waals surface area (Å²) in [5.41, 5.74) is -1.21. The Hall–Kier alpha value is -2.40. The summed E-state index contributed by atoms with van der Waals surface area (Å²) < 4.78 is 47.6. The zero-order chi connectivity index (χ0) is 27.4. The second kappa shape index (κ2) is 12.0. The Morgan fingerprint density at radius 3 is 2.59 bits per heavy atom. The number of nitrogens with one attached hydrogen (secondary N) is 1. The monoisotopic (exact) mass is 574 g/mol. The van der Waals surface area contributed by atoms with Crippen molar-refractivity contribution in [2.75, 3.05) is 19.7 Å². The van der Waals surface area contributed by atoms with E-state index in [1.54, 1.807) is 32.0 Å².